The molecule has 0 saturated heterocycles. The smallest absolute Gasteiger partial charge is 0.326 e. The van der Waals surface area contributed by atoms with Crippen molar-refractivity contribution < 1.29 is 14.7 Å². The molecule has 0 spiro atoms. The SMILES string of the molecule is CCCC(NC(=O)CC12CC3CC(CC(C3)C1)C2)C(=O)O. The molecule has 4 bridgehead atoms. The Labute approximate surface area is 126 Å². The summed E-state index contributed by atoms with van der Waals surface area (Å²) < 4.78 is 0. The number of carbonyl (C=O) groups is 2. The molecule has 4 aliphatic rings. The van der Waals surface area contributed by atoms with Crippen LogP contribution in [-0.2, 0) is 9.59 Å². The molecule has 4 rings (SSSR count). The van der Waals surface area contributed by atoms with E-state index in [1.54, 1.807) is 0 Å². The molecule has 0 radical (unpaired) electrons. The van der Waals surface area contributed by atoms with E-state index >= 15 is 0 Å². The lowest BCUT2D eigenvalue weighted by Gasteiger charge is -2.56. The van der Waals surface area contributed by atoms with Gasteiger partial charge in [-0.2, -0.15) is 0 Å². The maximum absolute atomic E-state index is 12.3. The van der Waals surface area contributed by atoms with Gasteiger partial charge in [0.15, 0.2) is 0 Å². The predicted octanol–water partition coefficient (Wildman–Crippen LogP) is 2.96. The van der Waals surface area contributed by atoms with E-state index in [4.69, 9.17) is 5.11 Å². The Bertz CT molecular complexity index is 396. The van der Waals surface area contributed by atoms with Crippen LogP contribution in [0.1, 0.15) is 64.7 Å². The second-order valence-corrected chi connectivity index (χ2v) is 7.84. The maximum Gasteiger partial charge on any atom is 0.326 e. The van der Waals surface area contributed by atoms with Gasteiger partial charge in [-0.1, -0.05) is 13.3 Å². The minimum Gasteiger partial charge on any atom is -0.480 e. The van der Waals surface area contributed by atoms with Crippen LogP contribution < -0.4 is 5.32 Å². The van der Waals surface area contributed by atoms with Crippen molar-refractivity contribution >= 4 is 11.9 Å². The number of carbonyl (C=O) groups excluding carboxylic acids is 1. The molecule has 4 nitrogen and oxygen atoms in total. The molecule has 0 aromatic rings. The number of aliphatic carboxylic acids is 1. The van der Waals surface area contributed by atoms with Gasteiger partial charge in [0, 0.05) is 6.42 Å². The molecule has 1 amide bonds. The molecule has 4 fully saturated rings. The summed E-state index contributed by atoms with van der Waals surface area (Å²) in [7, 11) is 0. The lowest BCUT2D eigenvalue weighted by atomic mass is 9.49. The first-order chi connectivity index (χ1) is 9.99. The van der Waals surface area contributed by atoms with E-state index in [0.717, 1.165) is 24.2 Å². The fourth-order valence-electron chi connectivity index (χ4n) is 5.64. The van der Waals surface area contributed by atoms with Crippen molar-refractivity contribution in [2.24, 2.45) is 23.2 Å². The molecule has 0 heterocycles. The lowest BCUT2D eigenvalue weighted by Crippen LogP contribution is -2.49. The second-order valence-electron chi connectivity index (χ2n) is 7.84. The Morgan fingerprint density at radius 3 is 2.10 bits per heavy atom. The molecule has 0 aromatic carbocycles. The molecule has 1 unspecified atom stereocenters. The van der Waals surface area contributed by atoms with Crippen molar-refractivity contribution in [2.45, 2.75) is 70.8 Å². The van der Waals surface area contributed by atoms with E-state index in [2.05, 4.69) is 5.32 Å². The van der Waals surface area contributed by atoms with E-state index in [0.29, 0.717) is 12.8 Å². The third-order valence-corrected chi connectivity index (χ3v) is 5.91. The van der Waals surface area contributed by atoms with Crippen molar-refractivity contribution in [3.05, 3.63) is 0 Å². The molecule has 4 saturated carbocycles. The van der Waals surface area contributed by atoms with Gasteiger partial charge in [0.2, 0.25) is 5.91 Å². The van der Waals surface area contributed by atoms with Crippen molar-refractivity contribution in [3.8, 4) is 0 Å². The zero-order valence-corrected chi connectivity index (χ0v) is 12.9. The Kier molecular flexibility index (Phi) is 3.98. The van der Waals surface area contributed by atoms with Crippen LogP contribution in [0.5, 0.6) is 0 Å². The van der Waals surface area contributed by atoms with Crippen LogP contribution >= 0.6 is 0 Å². The largest absolute Gasteiger partial charge is 0.480 e. The number of nitrogens with one attached hydrogen (secondary N) is 1. The fraction of sp³-hybridized carbons (Fsp3) is 0.882. The Morgan fingerprint density at radius 1 is 1.14 bits per heavy atom. The van der Waals surface area contributed by atoms with E-state index in [9.17, 15) is 9.59 Å². The van der Waals surface area contributed by atoms with Crippen LogP contribution in [0.3, 0.4) is 0 Å². The first-order valence-corrected chi connectivity index (χ1v) is 8.52. The molecule has 4 heteroatoms. The topological polar surface area (TPSA) is 66.4 Å². The van der Waals surface area contributed by atoms with Crippen LogP contribution in [0.25, 0.3) is 0 Å². The summed E-state index contributed by atoms with van der Waals surface area (Å²) in [5.74, 6) is 1.54. The number of rotatable bonds is 6. The predicted molar refractivity (Wildman–Crippen MR) is 79.7 cm³/mol. The average Bonchev–Trinajstić information content (AvgIpc) is 2.35. The van der Waals surface area contributed by atoms with Crippen LogP contribution in [0, 0.1) is 23.2 Å². The minimum absolute atomic E-state index is 0.0437. The zero-order chi connectivity index (χ0) is 15.0. The fourth-order valence-corrected chi connectivity index (χ4v) is 5.64. The van der Waals surface area contributed by atoms with Crippen molar-refractivity contribution in [3.63, 3.8) is 0 Å². The van der Waals surface area contributed by atoms with Crippen molar-refractivity contribution in [1.82, 2.24) is 5.32 Å². The van der Waals surface area contributed by atoms with E-state index in [1.807, 2.05) is 6.92 Å². The lowest BCUT2D eigenvalue weighted by molar-refractivity contribution is -0.143. The summed E-state index contributed by atoms with van der Waals surface area (Å²) in [6.45, 7) is 1.95. The average molecular weight is 293 g/mol. The molecule has 1 atom stereocenters. The normalized spacial score (nSPS) is 38.2. The van der Waals surface area contributed by atoms with E-state index in [1.165, 1.54) is 38.5 Å². The molecule has 4 aliphatic carbocycles. The van der Waals surface area contributed by atoms with E-state index < -0.39 is 12.0 Å². The molecule has 0 aromatic heterocycles. The van der Waals surface area contributed by atoms with Crippen LogP contribution in [-0.4, -0.2) is 23.0 Å². The highest BCUT2D eigenvalue weighted by Gasteiger charge is 2.51. The van der Waals surface area contributed by atoms with Gasteiger partial charge in [-0.05, 0) is 68.1 Å². The molecular formula is C17H27NO3. The van der Waals surface area contributed by atoms with Gasteiger partial charge in [-0.3, -0.25) is 4.79 Å². The summed E-state index contributed by atoms with van der Waals surface area (Å²) in [6, 6.07) is -0.712. The number of hydrogen-bond donors (Lipinski definition) is 2. The molecule has 21 heavy (non-hydrogen) atoms. The molecular weight excluding hydrogens is 266 g/mol. The molecule has 118 valence electrons. The minimum atomic E-state index is -0.907. The summed E-state index contributed by atoms with van der Waals surface area (Å²) in [6.07, 6.45) is 9.52. The van der Waals surface area contributed by atoms with Gasteiger partial charge >= 0.3 is 5.97 Å². The number of hydrogen-bond acceptors (Lipinski definition) is 2. The zero-order valence-electron chi connectivity index (χ0n) is 12.9. The quantitative estimate of drug-likeness (QED) is 0.791. The van der Waals surface area contributed by atoms with Gasteiger partial charge in [0.25, 0.3) is 0 Å². The van der Waals surface area contributed by atoms with Gasteiger partial charge in [-0.25, -0.2) is 4.79 Å². The third kappa shape index (κ3) is 3.09. The number of carboxylic acid groups (broad SMARTS) is 1. The van der Waals surface area contributed by atoms with Gasteiger partial charge in [0.05, 0.1) is 0 Å². The van der Waals surface area contributed by atoms with Gasteiger partial charge < -0.3 is 10.4 Å². The highest BCUT2D eigenvalue weighted by molar-refractivity contribution is 5.83. The third-order valence-electron chi connectivity index (χ3n) is 5.91. The van der Waals surface area contributed by atoms with Crippen LogP contribution in [0.15, 0.2) is 0 Å². The molecule has 2 N–H and O–H groups in total. The number of amides is 1. The Morgan fingerprint density at radius 2 is 1.67 bits per heavy atom. The summed E-state index contributed by atoms with van der Waals surface area (Å²) in [4.78, 5) is 23.5. The van der Waals surface area contributed by atoms with Gasteiger partial charge in [0.1, 0.15) is 6.04 Å². The standard InChI is InChI=1S/C17H27NO3/c1-2-3-14(16(20)21)18-15(19)10-17-7-11-4-12(8-17)6-13(5-11)9-17/h11-14H,2-10H2,1H3,(H,18,19)(H,20,21). The van der Waals surface area contributed by atoms with Crippen LogP contribution in [0.4, 0.5) is 0 Å². The summed E-state index contributed by atoms with van der Waals surface area (Å²) >= 11 is 0. The Hall–Kier alpha value is -1.06. The Balaban J connectivity index is 1.61. The summed E-state index contributed by atoms with van der Waals surface area (Å²) in [5, 5.41) is 11.9. The first-order valence-electron chi connectivity index (χ1n) is 8.52. The first kappa shape index (κ1) is 14.9. The second kappa shape index (κ2) is 5.62. The molecule has 0 aliphatic heterocycles. The van der Waals surface area contributed by atoms with Crippen LogP contribution in [0.2, 0.25) is 0 Å². The van der Waals surface area contributed by atoms with E-state index in [-0.39, 0.29) is 11.3 Å². The van der Waals surface area contributed by atoms with Gasteiger partial charge in [-0.15, -0.1) is 0 Å². The van der Waals surface area contributed by atoms with Crippen molar-refractivity contribution in [1.29, 1.82) is 0 Å². The summed E-state index contributed by atoms with van der Waals surface area (Å²) in [5.41, 5.74) is 0.189. The monoisotopic (exact) mass is 293 g/mol. The number of carboxylic acids is 1. The van der Waals surface area contributed by atoms with Crippen molar-refractivity contribution in [2.75, 3.05) is 0 Å². The highest BCUT2D eigenvalue weighted by Crippen LogP contribution is 2.61. The maximum atomic E-state index is 12.3. The highest BCUT2D eigenvalue weighted by atomic mass is 16.4.